The Labute approximate surface area is 165 Å². The molecule has 154 valence electrons. The Balaban J connectivity index is 2.30. The molecule has 0 unspecified atom stereocenters. The zero-order valence-electron chi connectivity index (χ0n) is 17.0. The van der Waals surface area contributed by atoms with Gasteiger partial charge in [0.05, 0.1) is 14.2 Å². The Bertz CT molecular complexity index is 715. The lowest BCUT2D eigenvalue weighted by Gasteiger charge is -2.29. The minimum Gasteiger partial charge on any atom is -0.468 e. The SMILES string of the molecule is COC(=O)[C@H]1C[C@](NC(=O)OC(C)(C)C)(C(=O)OC)CN1Cc1ccccc1. The van der Waals surface area contributed by atoms with Crippen molar-refractivity contribution in [3.8, 4) is 0 Å². The van der Waals surface area contributed by atoms with Crippen LogP contribution in [0.5, 0.6) is 0 Å². The van der Waals surface area contributed by atoms with E-state index in [1.54, 1.807) is 25.7 Å². The average Bonchev–Trinajstić information content (AvgIpc) is 2.98. The first-order chi connectivity index (χ1) is 13.1. The number of likely N-dealkylation sites (tertiary alicyclic amines) is 1. The highest BCUT2D eigenvalue weighted by molar-refractivity contribution is 5.89. The molecule has 1 amide bonds. The van der Waals surface area contributed by atoms with Gasteiger partial charge in [0, 0.05) is 19.5 Å². The molecule has 0 saturated carbocycles. The number of hydrogen-bond donors (Lipinski definition) is 1. The summed E-state index contributed by atoms with van der Waals surface area (Å²) in [5.41, 5.74) is -1.18. The molecule has 2 atom stereocenters. The summed E-state index contributed by atoms with van der Waals surface area (Å²) < 4.78 is 15.2. The third-order valence-electron chi connectivity index (χ3n) is 4.47. The average molecular weight is 392 g/mol. The molecule has 1 heterocycles. The van der Waals surface area contributed by atoms with Gasteiger partial charge in [0.1, 0.15) is 11.6 Å². The Morgan fingerprint density at radius 1 is 1.14 bits per heavy atom. The standard InChI is InChI=1S/C20H28N2O6/c1-19(2,3)28-18(25)21-20(17(24)27-5)11-15(16(23)26-4)22(13-20)12-14-9-7-6-8-10-14/h6-10,15H,11-13H2,1-5H3,(H,21,25)/t15-,20-/m1/s1. The van der Waals surface area contributed by atoms with Crippen LogP contribution in [0.4, 0.5) is 4.79 Å². The molecule has 1 N–H and O–H groups in total. The minimum atomic E-state index is -1.41. The molecule has 1 aromatic carbocycles. The molecule has 0 bridgehead atoms. The maximum absolute atomic E-state index is 12.6. The van der Waals surface area contributed by atoms with Crippen LogP contribution in [-0.2, 0) is 30.3 Å². The fourth-order valence-electron chi connectivity index (χ4n) is 3.32. The number of rotatable bonds is 5. The number of carbonyl (C=O) groups excluding carboxylic acids is 3. The van der Waals surface area contributed by atoms with E-state index in [2.05, 4.69) is 5.32 Å². The van der Waals surface area contributed by atoms with Gasteiger partial charge in [0.15, 0.2) is 5.54 Å². The number of benzene rings is 1. The highest BCUT2D eigenvalue weighted by atomic mass is 16.6. The van der Waals surface area contributed by atoms with Gasteiger partial charge in [-0.15, -0.1) is 0 Å². The summed E-state index contributed by atoms with van der Waals surface area (Å²) >= 11 is 0. The van der Waals surface area contributed by atoms with Crippen molar-refractivity contribution in [2.75, 3.05) is 20.8 Å². The highest BCUT2D eigenvalue weighted by Crippen LogP contribution is 2.31. The van der Waals surface area contributed by atoms with Crippen LogP contribution in [0.25, 0.3) is 0 Å². The third kappa shape index (κ3) is 5.22. The van der Waals surface area contributed by atoms with Crippen LogP contribution in [0.15, 0.2) is 30.3 Å². The van der Waals surface area contributed by atoms with E-state index in [-0.39, 0.29) is 13.0 Å². The van der Waals surface area contributed by atoms with E-state index in [1.165, 1.54) is 14.2 Å². The van der Waals surface area contributed by atoms with Gasteiger partial charge >= 0.3 is 18.0 Å². The van der Waals surface area contributed by atoms with Crippen LogP contribution in [0.1, 0.15) is 32.8 Å². The molecule has 2 rings (SSSR count). The lowest BCUT2D eigenvalue weighted by Crippen LogP contribution is -2.57. The molecule has 1 saturated heterocycles. The second-order valence-corrected chi connectivity index (χ2v) is 7.83. The lowest BCUT2D eigenvalue weighted by atomic mass is 9.96. The number of alkyl carbamates (subject to hydrolysis) is 1. The predicted molar refractivity (Wildman–Crippen MR) is 101 cm³/mol. The van der Waals surface area contributed by atoms with E-state index in [0.717, 1.165) is 5.56 Å². The maximum atomic E-state index is 12.6. The summed E-state index contributed by atoms with van der Waals surface area (Å²) in [5.74, 6) is -1.12. The first kappa shape index (κ1) is 21.7. The fraction of sp³-hybridized carbons (Fsp3) is 0.550. The van der Waals surface area contributed by atoms with Gasteiger partial charge in [0.2, 0.25) is 0 Å². The molecule has 1 aromatic rings. The second-order valence-electron chi connectivity index (χ2n) is 7.83. The Kier molecular flexibility index (Phi) is 6.66. The van der Waals surface area contributed by atoms with Gasteiger partial charge in [-0.05, 0) is 26.3 Å². The summed E-state index contributed by atoms with van der Waals surface area (Å²) in [6, 6.07) is 8.82. The molecule has 0 aromatic heterocycles. The van der Waals surface area contributed by atoms with Crippen LogP contribution in [0.3, 0.4) is 0 Å². The summed E-state index contributed by atoms with van der Waals surface area (Å²) in [7, 11) is 2.54. The van der Waals surface area contributed by atoms with Crippen LogP contribution < -0.4 is 5.32 Å². The van der Waals surface area contributed by atoms with Crippen LogP contribution in [0, 0.1) is 0 Å². The van der Waals surface area contributed by atoms with Gasteiger partial charge in [0.25, 0.3) is 0 Å². The lowest BCUT2D eigenvalue weighted by molar-refractivity contribution is -0.148. The van der Waals surface area contributed by atoms with Crippen LogP contribution in [-0.4, -0.2) is 60.9 Å². The largest absolute Gasteiger partial charge is 0.468 e. The normalized spacial score (nSPS) is 22.4. The minimum absolute atomic E-state index is 0.0262. The van der Waals surface area contributed by atoms with Crippen LogP contribution >= 0.6 is 0 Å². The molecule has 8 heteroatoms. The first-order valence-corrected chi connectivity index (χ1v) is 9.05. The van der Waals surface area contributed by atoms with E-state index in [9.17, 15) is 14.4 Å². The van der Waals surface area contributed by atoms with Gasteiger partial charge in [-0.25, -0.2) is 9.59 Å². The molecule has 0 radical (unpaired) electrons. The van der Waals surface area contributed by atoms with Crippen molar-refractivity contribution in [3.63, 3.8) is 0 Å². The maximum Gasteiger partial charge on any atom is 0.408 e. The van der Waals surface area contributed by atoms with Crippen molar-refractivity contribution in [3.05, 3.63) is 35.9 Å². The van der Waals surface area contributed by atoms with E-state index >= 15 is 0 Å². The van der Waals surface area contributed by atoms with Crippen LogP contribution in [0.2, 0.25) is 0 Å². The molecule has 0 aliphatic carbocycles. The van der Waals surface area contributed by atoms with E-state index in [0.29, 0.717) is 6.54 Å². The van der Waals surface area contributed by atoms with E-state index in [1.807, 2.05) is 30.3 Å². The third-order valence-corrected chi connectivity index (χ3v) is 4.47. The summed E-state index contributed by atoms with van der Waals surface area (Å²) in [4.78, 5) is 39.2. The number of methoxy groups -OCH3 is 2. The fourth-order valence-corrected chi connectivity index (χ4v) is 3.32. The van der Waals surface area contributed by atoms with Crippen molar-refractivity contribution >= 4 is 18.0 Å². The van der Waals surface area contributed by atoms with Gasteiger partial charge in [-0.3, -0.25) is 9.69 Å². The smallest absolute Gasteiger partial charge is 0.408 e. The molecular weight excluding hydrogens is 364 g/mol. The molecule has 1 aliphatic rings. The van der Waals surface area contributed by atoms with Crippen molar-refractivity contribution < 1.29 is 28.6 Å². The van der Waals surface area contributed by atoms with Crippen molar-refractivity contribution in [2.24, 2.45) is 0 Å². The zero-order chi connectivity index (χ0) is 20.9. The molecule has 1 aliphatic heterocycles. The predicted octanol–water partition coefficient (Wildman–Crippen LogP) is 1.87. The number of amides is 1. The van der Waals surface area contributed by atoms with Crippen molar-refractivity contribution in [2.45, 2.75) is 50.9 Å². The van der Waals surface area contributed by atoms with Crippen molar-refractivity contribution in [1.82, 2.24) is 10.2 Å². The quantitative estimate of drug-likeness (QED) is 0.604. The Hall–Kier alpha value is -2.61. The Morgan fingerprint density at radius 2 is 1.79 bits per heavy atom. The monoisotopic (exact) mass is 392 g/mol. The van der Waals surface area contributed by atoms with E-state index < -0.39 is 35.2 Å². The molecule has 1 fully saturated rings. The van der Waals surface area contributed by atoms with Gasteiger partial charge in [-0.1, -0.05) is 30.3 Å². The number of carbonyl (C=O) groups is 3. The Morgan fingerprint density at radius 3 is 2.32 bits per heavy atom. The summed E-state index contributed by atoms with van der Waals surface area (Å²) in [5, 5.41) is 2.64. The number of nitrogens with one attached hydrogen (secondary N) is 1. The van der Waals surface area contributed by atoms with Gasteiger partial charge < -0.3 is 19.5 Å². The molecular formula is C20H28N2O6. The summed E-state index contributed by atoms with van der Waals surface area (Å²) in [6.45, 7) is 5.68. The number of nitrogens with zero attached hydrogens (tertiary/aromatic N) is 1. The second kappa shape index (κ2) is 8.60. The molecule has 0 spiro atoms. The molecule has 28 heavy (non-hydrogen) atoms. The zero-order valence-corrected chi connectivity index (χ0v) is 17.0. The molecule has 8 nitrogen and oxygen atoms in total. The highest BCUT2D eigenvalue weighted by Gasteiger charge is 2.54. The number of ether oxygens (including phenoxy) is 3. The summed E-state index contributed by atoms with van der Waals surface area (Å²) in [6.07, 6.45) is -0.721. The number of esters is 2. The van der Waals surface area contributed by atoms with E-state index in [4.69, 9.17) is 14.2 Å². The first-order valence-electron chi connectivity index (χ1n) is 9.05. The topological polar surface area (TPSA) is 94.2 Å². The van der Waals surface area contributed by atoms with Crippen molar-refractivity contribution in [1.29, 1.82) is 0 Å². The van der Waals surface area contributed by atoms with Gasteiger partial charge in [-0.2, -0.15) is 0 Å². The number of hydrogen-bond acceptors (Lipinski definition) is 7.